The van der Waals surface area contributed by atoms with Gasteiger partial charge in [0.25, 0.3) is 5.91 Å². The summed E-state index contributed by atoms with van der Waals surface area (Å²) in [6.45, 7) is 5.34. The lowest BCUT2D eigenvalue weighted by Crippen LogP contribution is -2.21. The SMILES string of the molecule is COc1cc(NC(=O)COC(=O)c2cc(C)n(-c3ccc(C)cc3)c2C)cc(OC)c1OC. The number of aryl methyl sites for hydroxylation is 2. The Hall–Kier alpha value is -3.94. The van der Waals surface area contributed by atoms with E-state index in [1.165, 1.54) is 21.3 Å². The monoisotopic (exact) mass is 452 g/mol. The summed E-state index contributed by atoms with van der Waals surface area (Å²) in [4.78, 5) is 25.1. The van der Waals surface area contributed by atoms with Gasteiger partial charge in [-0.15, -0.1) is 0 Å². The number of aromatic nitrogens is 1. The first-order chi connectivity index (χ1) is 15.8. The second kappa shape index (κ2) is 10.1. The molecular formula is C25H28N2O6. The molecule has 0 aliphatic carbocycles. The van der Waals surface area contributed by atoms with Crippen LogP contribution in [-0.4, -0.2) is 44.4 Å². The van der Waals surface area contributed by atoms with Crippen molar-refractivity contribution in [2.75, 3.05) is 33.3 Å². The maximum Gasteiger partial charge on any atom is 0.340 e. The van der Waals surface area contributed by atoms with Crippen LogP contribution in [0.2, 0.25) is 0 Å². The van der Waals surface area contributed by atoms with Gasteiger partial charge < -0.3 is 28.8 Å². The highest BCUT2D eigenvalue weighted by Gasteiger charge is 2.20. The fourth-order valence-electron chi connectivity index (χ4n) is 3.62. The second-order valence-electron chi connectivity index (χ2n) is 7.49. The third-order valence-corrected chi connectivity index (χ3v) is 5.23. The van der Waals surface area contributed by atoms with Gasteiger partial charge in [0.15, 0.2) is 18.1 Å². The topological polar surface area (TPSA) is 88.0 Å². The molecule has 0 aliphatic heterocycles. The minimum absolute atomic E-state index is 0.396. The van der Waals surface area contributed by atoms with E-state index in [-0.39, 0.29) is 0 Å². The minimum Gasteiger partial charge on any atom is -0.493 e. The highest BCUT2D eigenvalue weighted by Crippen LogP contribution is 2.39. The second-order valence-corrected chi connectivity index (χ2v) is 7.49. The van der Waals surface area contributed by atoms with Crippen LogP contribution < -0.4 is 19.5 Å². The number of anilines is 1. The van der Waals surface area contributed by atoms with Crippen molar-refractivity contribution < 1.29 is 28.5 Å². The number of rotatable bonds is 8. The van der Waals surface area contributed by atoms with Gasteiger partial charge in [0.1, 0.15) is 0 Å². The molecule has 33 heavy (non-hydrogen) atoms. The maximum atomic E-state index is 12.7. The maximum absolute atomic E-state index is 12.7. The molecule has 1 aromatic heterocycles. The number of hydrogen-bond donors (Lipinski definition) is 1. The van der Waals surface area contributed by atoms with Crippen molar-refractivity contribution in [3.8, 4) is 22.9 Å². The van der Waals surface area contributed by atoms with Crippen molar-refractivity contribution in [2.24, 2.45) is 0 Å². The number of ether oxygens (including phenoxy) is 4. The summed E-state index contributed by atoms with van der Waals surface area (Å²) >= 11 is 0. The number of carbonyl (C=O) groups excluding carboxylic acids is 2. The van der Waals surface area contributed by atoms with Crippen LogP contribution in [0.3, 0.4) is 0 Å². The van der Waals surface area contributed by atoms with Crippen molar-refractivity contribution in [1.82, 2.24) is 4.57 Å². The molecule has 0 saturated heterocycles. The Morgan fingerprint density at radius 2 is 1.48 bits per heavy atom. The van der Waals surface area contributed by atoms with E-state index >= 15 is 0 Å². The van der Waals surface area contributed by atoms with Gasteiger partial charge in [-0.25, -0.2) is 4.79 Å². The van der Waals surface area contributed by atoms with Crippen LogP contribution in [-0.2, 0) is 9.53 Å². The lowest BCUT2D eigenvalue weighted by Gasteiger charge is -2.14. The van der Waals surface area contributed by atoms with E-state index in [4.69, 9.17) is 18.9 Å². The van der Waals surface area contributed by atoms with Crippen LogP contribution in [0.5, 0.6) is 17.2 Å². The zero-order valence-corrected chi connectivity index (χ0v) is 19.6. The largest absolute Gasteiger partial charge is 0.493 e. The van der Waals surface area contributed by atoms with Crippen molar-refractivity contribution >= 4 is 17.6 Å². The molecule has 174 valence electrons. The highest BCUT2D eigenvalue weighted by molar-refractivity contribution is 5.96. The van der Waals surface area contributed by atoms with Gasteiger partial charge in [-0.05, 0) is 39.0 Å². The Morgan fingerprint density at radius 3 is 2.03 bits per heavy atom. The smallest absolute Gasteiger partial charge is 0.340 e. The third kappa shape index (κ3) is 5.11. The van der Waals surface area contributed by atoms with Gasteiger partial charge >= 0.3 is 5.97 Å². The lowest BCUT2D eigenvalue weighted by molar-refractivity contribution is -0.119. The number of carbonyl (C=O) groups is 2. The van der Waals surface area contributed by atoms with Gasteiger partial charge in [-0.2, -0.15) is 0 Å². The molecule has 0 aliphatic rings. The molecule has 0 atom stereocenters. The third-order valence-electron chi connectivity index (χ3n) is 5.23. The highest BCUT2D eigenvalue weighted by atomic mass is 16.5. The molecule has 3 aromatic rings. The first kappa shape index (κ1) is 23.7. The molecule has 1 N–H and O–H groups in total. The average Bonchev–Trinajstić information content (AvgIpc) is 3.11. The number of nitrogens with one attached hydrogen (secondary N) is 1. The van der Waals surface area contributed by atoms with Gasteiger partial charge in [-0.3, -0.25) is 4.79 Å². The standard InChI is InChI=1S/C25H28N2O6/c1-15-7-9-19(10-8-15)27-16(2)11-20(17(27)3)25(29)33-14-23(28)26-18-12-21(30-4)24(32-6)22(13-18)31-5/h7-13H,14H2,1-6H3,(H,26,28). The first-order valence-electron chi connectivity index (χ1n) is 10.3. The van der Waals surface area contributed by atoms with Crippen LogP contribution in [0.25, 0.3) is 5.69 Å². The molecule has 1 heterocycles. The molecule has 0 fully saturated rings. The van der Waals surface area contributed by atoms with E-state index in [9.17, 15) is 9.59 Å². The van der Waals surface area contributed by atoms with E-state index in [0.717, 1.165) is 22.6 Å². The molecule has 0 radical (unpaired) electrons. The predicted molar refractivity (Wildman–Crippen MR) is 125 cm³/mol. The Kier molecular flexibility index (Phi) is 7.27. The van der Waals surface area contributed by atoms with E-state index in [1.54, 1.807) is 18.2 Å². The van der Waals surface area contributed by atoms with Crippen LogP contribution >= 0.6 is 0 Å². The molecular weight excluding hydrogens is 424 g/mol. The Morgan fingerprint density at radius 1 is 0.879 bits per heavy atom. The summed E-state index contributed by atoms with van der Waals surface area (Å²) in [5.41, 5.74) is 4.57. The van der Waals surface area contributed by atoms with Crippen LogP contribution in [0, 0.1) is 20.8 Å². The van der Waals surface area contributed by atoms with Crippen molar-refractivity contribution in [3.05, 3.63) is 65.0 Å². The van der Waals surface area contributed by atoms with Gasteiger partial charge in [0.2, 0.25) is 5.75 Å². The summed E-state index contributed by atoms with van der Waals surface area (Å²) in [6.07, 6.45) is 0. The number of benzene rings is 2. The van der Waals surface area contributed by atoms with E-state index in [2.05, 4.69) is 5.32 Å². The average molecular weight is 453 g/mol. The first-order valence-corrected chi connectivity index (χ1v) is 10.3. The summed E-state index contributed by atoms with van der Waals surface area (Å²) in [6, 6.07) is 13.0. The fraction of sp³-hybridized carbons (Fsp3) is 0.280. The molecule has 0 unspecified atom stereocenters. The molecule has 0 bridgehead atoms. The zero-order chi connectivity index (χ0) is 24.1. The van der Waals surface area contributed by atoms with Gasteiger partial charge in [0.05, 0.1) is 26.9 Å². The fourth-order valence-corrected chi connectivity index (χ4v) is 3.62. The van der Waals surface area contributed by atoms with Gasteiger partial charge in [-0.1, -0.05) is 17.7 Å². The molecule has 3 rings (SSSR count). The number of methoxy groups -OCH3 is 3. The van der Waals surface area contributed by atoms with E-state index < -0.39 is 18.5 Å². The quantitative estimate of drug-likeness (QED) is 0.515. The summed E-state index contributed by atoms with van der Waals surface area (Å²) in [5.74, 6) is 0.139. The Bertz CT molecular complexity index is 1140. The van der Waals surface area contributed by atoms with Gasteiger partial charge in [0, 0.05) is 34.9 Å². The van der Waals surface area contributed by atoms with Crippen LogP contribution in [0.4, 0.5) is 5.69 Å². The number of hydrogen-bond acceptors (Lipinski definition) is 6. The van der Waals surface area contributed by atoms with Crippen LogP contribution in [0.15, 0.2) is 42.5 Å². The van der Waals surface area contributed by atoms with Crippen molar-refractivity contribution in [2.45, 2.75) is 20.8 Å². The van der Waals surface area contributed by atoms with E-state index in [1.807, 2.05) is 49.6 Å². The molecule has 0 saturated carbocycles. The molecule has 8 nitrogen and oxygen atoms in total. The number of esters is 1. The Balaban J connectivity index is 1.70. The normalized spacial score (nSPS) is 10.5. The van der Waals surface area contributed by atoms with Crippen LogP contribution in [0.1, 0.15) is 27.3 Å². The Labute approximate surface area is 193 Å². The molecule has 2 aromatic carbocycles. The lowest BCUT2D eigenvalue weighted by atomic mass is 10.2. The number of amides is 1. The molecule has 8 heteroatoms. The molecule has 1 amide bonds. The minimum atomic E-state index is -0.568. The summed E-state index contributed by atoms with van der Waals surface area (Å²) < 4.78 is 23.1. The molecule has 0 spiro atoms. The summed E-state index contributed by atoms with van der Waals surface area (Å²) in [7, 11) is 4.46. The predicted octanol–water partition coefficient (Wildman–Crippen LogP) is 4.22. The van der Waals surface area contributed by atoms with E-state index in [0.29, 0.717) is 28.5 Å². The number of nitrogens with zero attached hydrogens (tertiary/aromatic N) is 1. The summed E-state index contributed by atoms with van der Waals surface area (Å²) in [5, 5.41) is 2.67. The van der Waals surface area contributed by atoms with Crippen molar-refractivity contribution in [1.29, 1.82) is 0 Å². The van der Waals surface area contributed by atoms with Crippen molar-refractivity contribution in [3.63, 3.8) is 0 Å². The zero-order valence-electron chi connectivity index (χ0n) is 19.6.